The summed E-state index contributed by atoms with van der Waals surface area (Å²) in [4.78, 5) is 23.4. The number of nitrogens with two attached hydrogens (primary N) is 1. The van der Waals surface area contributed by atoms with Gasteiger partial charge >= 0.3 is 5.97 Å². The van der Waals surface area contributed by atoms with Crippen molar-refractivity contribution in [2.45, 2.75) is 44.6 Å². The third-order valence-corrected chi connectivity index (χ3v) is 4.02. The van der Waals surface area contributed by atoms with Crippen LogP contribution in [0.2, 0.25) is 0 Å². The molecule has 1 saturated carbocycles. The van der Waals surface area contributed by atoms with Crippen molar-refractivity contribution in [1.29, 1.82) is 0 Å². The highest BCUT2D eigenvalue weighted by Gasteiger charge is 2.30. The van der Waals surface area contributed by atoms with Crippen molar-refractivity contribution in [3.8, 4) is 0 Å². The fourth-order valence-electron chi connectivity index (χ4n) is 2.85. The normalized spacial score (nSPS) is 22.3. The van der Waals surface area contributed by atoms with E-state index in [-0.39, 0.29) is 18.4 Å². The predicted molar refractivity (Wildman–Crippen MR) is 80.7 cm³/mol. The summed E-state index contributed by atoms with van der Waals surface area (Å²) >= 11 is 0. The standard InChI is InChI=1S/C16H22N2O3/c17-12-8-6-11(7-9-12)10-15(19)18-14-5-3-1-2-4-13(14)16(20)21/h6-9,13-14H,1-5,10,17H2,(H,18,19)(H,20,21). The fourth-order valence-corrected chi connectivity index (χ4v) is 2.85. The van der Waals surface area contributed by atoms with Gasteiger partial charge in [0.15, 0.2) is 0 Å². The first-order chi connectivity index (χ1) is 10.1. The number of hydrogen-bond donors (Lipinski definition) is 3. The van der Waals surface area contributed by atoms with Crippen molar-refractivity contribution in [2.24, 2.45) is 5.92 Å². The Labute approximate surface area is 124 Å². The molecule has 2 atom stereocenters. The molecule has 5 heteroatoms. The van der Waals surface area contributed by atoms with E-state index in [2.05, 4.69) is 5.32 Å². The fraction of sp³-hybridized carbons (Fsp3) is 0.500. The molecule has 1 aromatic carbocycles. The minimum Gasteiger partial charge on any atom is -0.481 e. The third kappa shape index (κ3) is 4.48. The maximum absolute atomic E-state index is 12.1. The number of nitrogens with one attached hydrogen (secondary N) is 1. The Kier molecular flexibility index (Phi) is 5.20. The van der Waals surface area contributed by atoms with Crippen LogP contribution in [0, 0.1) is 5.92 Å². The molecule has 1 fully saturated rings. The maximum Gasteiger partial charge on any atom is 0.308 e. The van der Waals surface area contributed by atoms with Gasteiger partial charge in [-0.25, -0.2) is 0 Å². The number of rotatable bonds is 4. The predicted octanol–water partition coefficient (Wildman–Crippen LogP) is 1.96. The molecule has 0 aromatic heterocycles. The largest absolute Gasteiger partial charge is 0.481 e. The Balaban J connectivity index is 1.96. The van der Waals surface area contributed by atoms with Gasteiger partial charge in [-0.15, -0.1) is 0 Å². The molecule has 1 aromatic rings. The zero-order valence-corrected chi connectivity index (χ0v) is 12.0. The van der Waals surface area contributed by atoms with Crippen LogP contribution in [0.15, 0.2) is 24.3 Å². The second kappa shape index (κ2) is 7.11. The van der Waals surface area contributed by atoms with Crippen LogP contribution in [0.5, 0.6) is 0 Å². The van der Waals surface area contributed by atoms with E-state index in [1.54, 1.807) is 12.1 Å². The molecule has 0 heterocycles. The molecule has 0 spiro atoms. The maximum atomic E-state index is 12.1. The highest BCUT2D eigenvalue weighted by atomic mass is 16.4. The molecule has 0 bridgehead atoms. The minimum absolute atomic E-state index is 0.127. The van der Waals surface area contributed by atoms with Gasteiger partial charge < -0.3 is 16.2 Å². The number of carboxylic acid groups (broad SMARTS) is 1. The van der Waals surface area contributed by atoms with Crippen LogP contribution in [0.4, 0.5) is 5.69 Å². The summed E-state index contributed by atoms with van der Waals surface area (Å²) in [6, 6.07) is 6.89. The molecular weight excluding hydrogens is 268 g/mol. The van der Waals surface area contributed by atoms with Crippen molar-refractivity contribution < 1.29 is 14.7 Å². The first-order valence-corrected chi connectivity index (χ1v) is 7.43. The summed E-state index contributed by atoms with van der Waals surface area (Å²) < 4.78 is 0. The zero-order valence-electron chi connectivity index (χ0n) is 12.0. The molecule has 0 saturated heterocycles. The number of aliphatic carboxylic acids is 1. The number of nitrogen functional groups attached to an aromatic ring is 1. The summed E-state index contributed by atoms with van der Waals surface area (Å²) in [5.74, 6) is -1.41. The van der Waals surface area contributed by atoms with Gasteiger partial charge in [-0.3, -0.25) is 9.59 Å². The lowest BCUT2D eigenvalue weighted by atomic mass is 9.94. The highest BCUT2D eigenvalue weighted by Crippen LogP contribution is 2.24. The number of anilines is 1. The summed E-state index contributed by atoms with van der Waals surface area (Å²) in [5.41, 5.74) is 7.15. The summed E-state index contributed by atoms with van der Waals surface area (Å²) in [5, 5.41) is 12.2. The number of amides is 1. The first-order valence-electron chi connectivity index (χ1n) is 7.43. The van der Waals surface area contributed by atoms with Gasteiger partial charge in [0.1, 0.15) is 0 Å². The Bertz CT molecular complexity index is 499. The first kappa shape index (κ1) is 15.4. The van der Waals surface area contributed by atoms with Crippen LogP contribution >= 0.6 is 0 Å². The number of carbonyl (C=O) groups is 2. The number of hydrogen-bond acceptors (Lipinski definition) is 3. The summed E-state index contributed by atoms with van der Waals surface area (Å²) in [7, 11) is 0. The van der Waals surface area contributed by atoms with E-state index in [1.165, 1.54) is 0 Å². The van der Waals surface area contributed by atoms with E-state index in [9.17, 15) is 14.7 Å². The molecule has 0 aliphatic heterocycles. The van der Waals surface area contributed by atoms with Gasteiger partial charge in [-0.2, -0.15) is 0 Å². The van der Waals surface area contributed by atoms with E-state index < -0.39 is 11.9 Å². The van der Waals surface area contributed by atoms with E-state index >= 15 is 0 Å². The topological polar surface area (TPSA) is 92.4 Å². The average Bonchev–Trinajstić information content (AvgIpc) is 2.67. The van der Waals surface area contributed by atoms with Gasteiger partial charge in [0.2, 0.25) is 5.91 Å². The van der Waals surface area contributed by atoms with E-state index in [4.69, 9.17) is 5.73 Å². The molecule has 4 N–H and O–H groups in total. The number of carboxylic acids is 1. The molecule has 2 unspecified atom stereocenters. The third-order valence-electron chi connectivity index (χ3n) is 4.02. The molecule has 2 rings (SSSR count). The second-order valence-electron chi connectivity index (χ2n) is 5.68. The Hall–Kier alpha value is -2.04. The average molecular weight is 290 g/mol. The lowest BCUT2D eigenvalue weighted by molar-refractivity contribution is -0.143. The monoisotopic (exact) mass is 290 g/mol. The number of carbonyl (C=O) groups excluding carboxylic acids is 1. The van der Waals surface area contributed by atoms with Crippen LogP contribution in [-0.2, 0) is 16.0 Å². The second-order valence-corrected chi connectivity index (χ2v) is 5.68. The molecule has 0 radical (unpaired) electrons. The molecule has 21 heavy (non-hydrogen) atoms. The van der Waals surface area contributed by atoms with Gasteiger partial charge in [-0.05, 0) is 30.5 Å². The molecule has 1 aliphatic carbocycles. The molecule has 1 amide bonds. The summed E-state index contributed by atoms with van der Waals surface area (Å²) in [6.45, 7) is 0. The van der Waals surface area contributed by atoms with Gasteiger partial charge in [0.05, 0.1) is 12.3 Å². The van der Waals surface area contributed by atoms with Crippen molar-refractivity contribution in [3.63, 3.8) is 0 Å². The van der Waals surface area contributed by atoms with Gasteiger partial charge in [-0.1, -0.05) is 31.4 Å². The van der Waals surface area contributed by atoms with Gasteiger partial charge in [0, 0.05) is 11.7 Å². The minimum atomic E-state index is -0.810. The lowest BCUT2D eigenvalue weighted by Crippen LogP contribution is -2.43. The number of benzene rings is 1. The quantitative estimate of drug-likeness (QED) is 0.584. The Morgan fingerprint density at radius 3 is 2.48 bits per heavy atom. The zero-order chi connectivity index (χ0) is 15.2. The Morgan fingerprint density at radius 2 is 1.81 bits per heavy atom. The van der Waals surface area contributed by atoms with Crippen molar-refractivity contribution in [3.05, 3.63) is 29.8 Å². The molecule has 114 valence electrons. The van der Waals surface area contributed by atoms with Crippen molar-refractivity contribution >= 4 is 17.6 Å². The van der Waals surface area contributed by atoms with Crippen LogP contribution in [0.25, 0.3) is 0 Å². The van der Waals surface area contributed by atoms with E-state index in [1.807, 2.05) is 12.1 Å². The van der Waals surface area contributed by atoms with E-state index in [0.29, 0.717) is 12.1 Å². The van der Waals surface area contributed by atoms with Crippen LogP contribution in [0.3, 0.4) is 0 Å². The van der Waals surface area contributed by atoms with Crippen LogP contribution in [-0.4, -0.2) is 23.0 Å². The van der Waals surface area contributed by atoms with Crippen molar-refractivity contribution in [2.75, 3.05) is 5.73 Å². The SMILES string of the molecule is Nc1ccc(CC(=O)NC2CCCCCC2C(=O)O)cc1. The van der Waals surface area contributed by atoms with Gasteiger partial charge in [0.25, 0.3) is 0 Å². The summed E-state index contributed by atoms with van der Waals surface area (Å²) in [6.07, 6.45) is 4.56. The lowest BCUT2D eigenvalue weighted by Gasteiger charge is -2.22. The highest BCUT2D eigenvalue weighted by molar-refractivity contribution is 5.80. The smallest absolute Gasteiger partial charge is 0.308 e. The van der Waals surface area contributed by atoms with Crippen molar-refractivity contribution in [1.82, 2.24) is 5.32 Å². The molecule has 5 nitrogen and oxygen atoms in total. The van der Waals surface area contributed by atoms with Crippen LogP contribution in [0.1, 0.15) is 37.7 Å². The van der Waals surface area contributed by atoms with Crippen LogP contribution < -0.4 is 11.1 Å². The van der Waals surface area contributed by atoms with E-state index in [0.717, 1.165) is 31.2 Å². The molecule has 1 aliphatic rings. The molecular formula is C16H22N2O3. The Morgan fingerprint density at radius 1 is 1.14 bits per heavy atom.